The summed E-state index contributed by atoms with van der Waals surface area (Å²) in [4.78, 5) is 0.704. The first-order valence-electron chi connectivity index (χ1n) is 5.22. The number of anilines is 1. The van der Waals surface area contributed by atoms with E-state index in [0.29, 0.717) is 11.0 Å². The molecule has 0 aliphatic carbocycles. The van der Waals surface area contributed by atoms with Gasteiger partial charge in [-0.1, -0.05) is 6.07 Å². The zero-order chi connectivity index (χ0) is 14.8. The van der Waals surface area contributed by atoms with Crippen molar-refractivity contribution in [3.8, 4) is 0 Å². The largest absolute Gasteiger partial charge is 0.416 e. The van der Waals surface area contributed by atoms with Crippen LogP contribution >= 0.6 is 0 Å². The summed E-state index contributed by atoms with van der Waals surface area (Å²) in [6.45, 7) is -1.66. The number of nitrogens with two attached hydrogens (primary N) is 1. The van der Waals surface area contributed by atoms with Crippen LogP contribution in [0.2, 0.25) is 0 Å². The number of rotatable bonds is 3. The summed E-state index contributed by atoms with van der Waals surface area (Å²) in [5.74, 6) is 0. The molecule has 8 heteroatoms. The summed E-state index contributed by atoms with van der Waals surface area (Å²) >= 11 is 0. The van der Waals surface area contributed by atoms with Crippen molar-refractivity contribution in [3.05, 3.63) is 29.3 Å². The second kappa shape index (κ2) is 5.28. The molecule has 0 radical (unpaired) electrons. The van der Waals surface area contributed by atoms with Crippen LogP contribution in [0.5, 0.6) is 0 Å². The number of hydrogen-bond acceptors (Lipinski definition) is 2. The fraction of sp³-hybridized carbons (Fsp3) is 0.455. The molecule has 0 bridgehead atoms. The van der Waals surface area contributed by atoms with E-state index in [-0.39, 0.29) is 17.8 Å². The third-order valence-electron chi connectivity index (χ3n) is 2.48. The Balaban J connectivity index is 3.12. The lowest BCUT2D eigenvalue weighted by Crippen LogP contribution is -2.31. The molecule has 2 nitrogen and oxygen atoms in total. The lowest BCUT2D eigenvalue weighted by atomic mass is 10.1. The van der Waals surface area contributed by atoms with E-state index >= 15 is 0 Å². The fourth-order valence-corrected chi connectivity index (χ4v) is 1.60. The average Bonchev–Trinajstić information content (AvgIpc) is 2.24. The van der Waals surface area contributed by atoms with E-state index in [0.717, 1.165) is 13.1 Å². The van der Waals surface area contributed by atoms with E-state index in [9.17, 15) is 26.3 Å². The SMILES string of the molecule is CN(CC(F)(F)F)c1ccc(CN)c(C(F)(F)F)c1. The standard InChI is InChI=1S/C11H12F6N2/c1-19(6-10(12,13)14)8-3-2-7(5-18)9(4-8)11(15,16)17/h2-4H,5-6,18H2,1H3. The van der Waals surface area contributed by atoms with Crippen LogP contribution in [-0.4, -0.2) is 19.8 Å². The summed E-state index contributed by atoms with van der Waals surface area (Å²) in [6.07, 6.45) is -9.14. The van der Waals surface area contributed by atoms with Crippen molar-refractivity contribution < 1.29 is 26.3 Å². The summed E-state index contributed by atoms with van der Waals surface area (Å²) in [5.41, 5.74) is 3.85. The highest BCUT2D eigenvalue weighted by molar-refractivity contribution is 5.51. The van der Waals surface area contributed by atoms with Gasteiger partial charge in [0.1, 0.15) is 6.54 Å². The van der Waals surface area contributed by atoms with Gasteiger partial charge in [-0.2, -0.15) is 26.3 Å². The molecule has 0 amide bonds. The number of halogens is 6. The molecule has 0 aromatic heterocycles. The average molecular weight is 286 g/mol. The van der Waals surface area contributed by atoms with Gasteiger partial charge in [-0.3, -0.25) is 0 Å². The van der Waals surface area contributed by atoms with Gasteiger partial charge < -0.3 is 10.6 Å². The monoisotopic (exact) mass is 286 g/mol. The van der Waals surface area contributed by atoms with E-state index in [1.54, 1.807) is 0 Å². The number of hydrogen-bond donors (Lipinski definition) is 1. The molecule has 1 aromatic carbocycles. The van der Waals surface area contributed by atoms with Gasteiger partial charge >= 0.3 is 12.4 Å². The molecule has 108 valence electrons. The van der Waals surface area contributed by atoms with Gasteiger partial charge in [0, 0.05) is 19.3 Å². The predicted molar refractivity (Wildman–Crippen MR) is 58.7 cm³/mol. The Morgan fingerprint density at radius 2 is 1.68 bits per heavy atom. The highest BCUT2D eigenvalue weighted by Gasteiger charge is 2.34. The number of nitrogens with zero attached hydrogens (tertiary/aromatic N) is 1. The topological polar surface area (TPSA) is 29.3 Å². The molecule has 0 fully saturated rings. The predicted octanol–water partition coefficient (Wildman–Crippen LogP) is 3.16. The van der Waals surface area contributed by atoms with Crippen LogP contribution in [-0.2, 0) is 12.7 Å². The minimum Gasteiger partial charge on any atom is -0.366 e. The Bertz CT molecular complexity index is 438. The Kier molecular flexibility index (Phi) is 4.34. The number of alkyl halides is 6. The maximum absolute atomic E-state index is 12.7. The first kappa shape index (κ1) is 15.6. The Labute approximate surface area is 105 Å². The summed E-state index contributed by atoms with van der Waals surface area (Å²) in [6, 6.07) is 2.95. The molecule has 0 heterocycles. The maximum Gasteiger partial charge on any atom is 0.416 e. The van der Waals surface area contributed by atoms with Crippen LogP contribution in [0, 0.1) is 0 Å². The maximum atomic E-state index is 12.7. The van der Waals surface area contributed by atoms with Gasteiger partial charge in [0.15, 0.2) is 0 Å². The summed E-state index contributed by atoms with van der Waals surface area (Å²) in [5, 5.41) is 0. The van der Waals surface area contributed by atoms with Gasteiger partial charge in [0.2, 0.25) is 0 Å². The van der Waals surface area contributed by atoms with E-state index in [1.807, 2.05) is 0 Å². The van der Waals surface area contributed by atoms with Gasteiger partial charge in [0.05, 0.1) is 5.56 Å². The summed E-state index contributed by atoms with van der Waals surface area (Å²) < 4.78 is 74.7. The van der Waals surface area contributed by atoms with Gasteiger partial charge in [0.25, 0.3) is 0 Å². The minimum absolute atomic E-state index is 0.156. The molecule has 1 rings (SSSR count). The van der Waals surface area contributed by atoms with Crippen molar-refractivity contribution in [2.75, 3.05) is 18.5 Å². The van der Waals surface area contributed by atoms with Crippen molar-refractivity contribution in [2.24, 2.45) is 5.73 Å². The molecule has 2 N–H and O–H groups in total. The van der Waals surface area contributed by atoms with Gasteiger partial charge in [-0.05, 0) is 17.7 Å². The van der Waals surface area contributed by atoms with E-state index in [4.69, 9.17) is 5.73 Å². The van der Waals surface area contributed by atoms with E-state index in [1.165, 1.54) is 6.07 Å². The third-order valence-corrected chi connectivity index (χ3v) is 2.48. The first-order chi connectivity index (χ1) is 8.54. The van der Waals surface area contributed by atoms with Crippen molar-refractivity contribution in [1.82, 2.24) is 0 Å². The lowest BCUT2D eigenvalue weighted by molar-refractivity contribution is -0.138. The number of benzene rings is 1. The Morgan fingerprint density at radius 3 is 2.11 bits per heavy atom. The van der Waals surface area contributed by atoms with E-state index < -0.39 is 24.5 Å². The zero-order valence-electron chi connectivity index (χ0n) is 9.94. The molecule has 19 heavy (non-hydrogen) atoms. The molecule has 0 spiro atoms. The molecule has 0 aliphatic rings. The van der Waals surface area contributed by atoms with Crippen molar-refractivity contribution in [1.29, 1.82) is 0 Å². The minimum atomic E-state index is -4.65. The van der Waals surface area contributed by atoms with Crippen LogP contribution in [0.4, 0.5) is 32.0 Å². The first-order valence-corrected chi connectivity index (χ1v) is 5.22. The molecule has 0 aliphatic heterocycles. The van der Waals surface area contributed by atoms with E-state index in [2.05, 4.69) is 0 Å². The normalized spacial score (nSPS) is 12.6. The Hall–Kier alpha value is -1.44. The fourth-order valence-electron chi connectivity index (χ4n) is 1.60. The summed E-state index contributed by atoms with van der Waals surface area (Å²) in [7, 11) is 1.07. The second-order valence-corrected chi connectivity index (χ2v) is 4.01. The molecular weight excluding hydrogens is 274 g/mol. The second-order valence-electron chi connectivity index (χ2n) is 4.01. The van der Waals surface area contributed by atoms with Gasteiger partial charge in [-0.25, -0.2) is 0 Å². The molecular formula is C11H12F6N2. The highest BCUT2D eigenvalue weighted by Crippen LogP contribution is 2.34. The highest BCUT2D eigenvalue weighted by atomic mass is 19.4. The molecule has 0 atom stereocenters. The zero-order valence-corrected chi connectivity index (χ0v) is 9.94. The van der Waals surface area contributed by atoms with Crippen molar-refractivity contribution in [2.45, 2.75) is 18.9 Å². The van der Waals surface area contributed by atoms with Crippen LogP contribution < -0.4 is 10.6 Å². The van der Waals surface area contributed by atoms with Crippen molar-refractivity contribution in [3.63, 3.8) is 0 Å². The Morgan fingerprint density at radius 1 is 1.11 bits per heavy atom. The molecule has 0 unspecified atom stereocenters. The lowest BCUT2D eigenvalue weighted by Gasteiger charge is -2.23. The smallest absolute Gasteiger partial charge is 0.366 e. The quantitative estimate of drug-likeness (QED) is 0.865. The van der Waals surface area contributed by atoms with Crippen LogP contribution in [0.15, 0.2) is 18.2 Å². The molecule has 0 saturated carbocycles. The van der Waals surface area contributed by atoms with Crippen LogP contribution in [0.25, 0.3) is 0 Å². The molecule has 0 saturated heterocycles. The van der Waals surface area contributed by atoms with Gasteiger partial charge in [-0.15, -0.1) is 0 Å². The van der Waals surface area contributed by atoms with Crippen LogP contribution in [0.3, 0.4) is 0 Å². The van der Waals surface area contributed by atoms with Crippen LogP contribution in [0.1, 0.15) is 11.1 Å². The third kappa shape index (κ3) is 4.30. The van der Waals surface area contributed by atoms with Crippen molar-refractivity contribution >= 4 is 5.69 Å². The molecule has 1 aromatic rings.